The minimum Gasteiger partial charge on any atom is -0.481 e. The van der Waals surface area contributed by atoms with Crippen molar-refractivity contribution < 1.29 is 14.7 Å². The molecule has 6 heteroatoms. The second-order valence-electron chi connectivity index (χ2n) is 2.72. The number of carboxylic acid groups (broad SMARTS) is 1. The lowest BCUT2D eigenvalue weighted by Gasteiger charge is -2.12. The maximum atomic E-state index is 10.8. The van der Waals surface area contributed by atoms with Gasteiger partial charge in [0.2, 0.25) is 5.91 Å². The van der Waals surface area contributed by atoms with Crippen LogP contribution in [0.3, 0.4) is 0 Å². The third-order valence-electron chi connectivity index (χ3n) is 1.51. The zero-order chi connectivity index (χ0) is 10.6. The second-order valence-corrected chi connectivity index (χ2v) is 3.65. The number of nitrogens with zero attached hydrogens (tertiary/aromatic N) is 1. The molecule has 0 spiro atoms. The van der Waals surface area contributed by atoms with E-state index in [0.717, 1.165) is 0 Å². The third kappa shape index (κ3) is 3.14. The van der Waals surface area contributed by atoms with Crippen LogP contribution in [0, 0.1) is 0 Å². The molecule has 0 unspecified atom stereocenters. The minimum atomic E-state index is -0.959. The highest BCUT2D eigenvalue weighted by Crippen LogP contribution is 2.18. The summed E-state index contributed by atoms with van der Waals surface area (Å²) in [6.07, 6.45) is 1.43. The van der Waals surface area contributed by atoms with Gasteiger partial charge in [0, 0.05) is 18.5 Å². The monoisotopic (exact) mass is 214 g/mol. The van der Waals surface area contributed by atoms with E-state index in [2.05, 4.69) is 10.3 Å². The Labute approximate surface area is 84.8 Å². The van der Waals surface area contributed by atoms with Crippen molar-refractivity contribution in [3.05, 3.63) is 16.6 Å². The van der Waals surface area contributed by atoms with Crippen LogP contribution in [0.25, 0.3) is 0 Å². The Kier molecular flexibility index (Phi) is 3.58. The second kappa shape index (κ2) is 4.71. The van der Waals surface area contributed by atoms with Crippen molar-refractivity contribution >= 4 is 23.2 Å². The summed E-state index contributed by atoms with van der Waals surface area (Å²) in [5, 5.41) is 13.5. The first kappa shape index (κ1) is 10.6. The van der Waals surface area contributed by atoms with Gasteiger partial charge in [-0.2, -0.15) is 0 Å². The third-order valence-corrected chi connectivity index (χ3v) is 2.39. The number of aliphatic carboxylic acids is 1. The molecule has 5 nitrogen and oxygen atoms in total. The first-order valence-corrected chi connectivity index (χ1v) is 4.86. The number of aromatic nitrogens is 1. The van der Waals surface area contributed by atoms with E-state index in [0.29, 0.717) is 5.01 Å². The number of rotatable bonds is 4. The summed E-state index contributed by atoms with van der Waals surface area (Å²) in [7, 11) is 0. The van der Waals surface area contributed by atoms with E-state index >= 15 is 0 Å². The summed E-state index contributed by atoms with van der Waals surface area (Å²) in [5.74, 6) is -1.22. The molecule has 0 aliphatic rings. The molecule has 1 amide bonds. The van der Waals surface area contributed by atoms with Gasteiger partial charge in [-0.05, 0) is 0 Å². The zero-order valence-electron chi connectivity index (χ0n) is 7.56. The van der Waals surface area contributed by atoms with Crippen LogP contribution in [-0.4, -0.2) is 22.0 Å². The lowest BCUT2D eigenvalue weighted by Crippen LogP contribution is -2.27. The quantitative estimate of drug-likeness (QED) is 0.776. The molecule has 0 saturated heterocycles. The van der Waals surface area contributed by atoms with Crippen molar-refractivity contribution in [3.63, 3.8) is 0 Å². The standard InChI is InChI=1S/C8H10N2O3S/c1-5(11)10-6(4-7(12)13)8-9-2-3-14-8/h2-3,6H,4H2,1H3,(H,10,11)(H,12,13)/t6-/m1/s1. The van der Waals surface area contributed by atoms with Gasteiger partial charge in [0.25, 0.3) is 0 Å². The van der Waals surface area contributed by atoms with Crippen molar-refractivity contribution in [1.29, 1.82) is 0 Å². The molecule has 1 atom stereocenters. The highest BCUT2D eigenvalue weighted by Gasteiger charge is 2.18. The number of thiazole rings is 1. The van der Waals surface area contributed by atoms with E-state index < -0.39 is 12.0 Å². The van der Waals surface area contributed by atoms with Gasteiger partial charge < -0.3 is 10.4 Å². The number of carboxylic acids is 1. The first-order valence-electron chi connectivity index (χ1n) is 3.98. The molecule has 0 aliphatic heterocycles. The van der Waals surface area contributed by atoms with Gasteiger partial charge in [0.15, 0.2) is 0 Å². The fraction of sp³-hybridized carbons (Fsp3) is 0.375. The van der Waals surface area contributed by atoms with Crippen LogP contribution in [0.15, 0.2) is 11.6 Å². The van der Waals surface area contributed by atoms with E-state index in [1.807, 2.05) is 0 Å². The van der Waals surface area contributed by atoms with Crippen LogP contribution >= 0.6 is 11.3 Å². The van der Waals surface area contributed by atoms with Gasteiger partial charge in [0.1, 0.15) is 5.01 Å². The topological polar surface area (TPSA) is 79.3 Å². The van der Waals surface area contributed by atoms with Crippen molar-refractivity contribution in [3.8, 4) is 0 Å². The normalized spacial score (nSPS) is 12.1. The van der Waals surface area contributed by atoms with Crippen LogP contribution in [0.4, 0.5) is 0 Å². The SMILES string of the molecule is CC(=O)N[C@H](CC(=O)O)c1nccs1. The number of nitrogens with one attached hydrogen (secondary N) is 1. The van der Waals surface area contributed by atoms with Crippen LogP contribution in [-0.2, 0) is 9.59 Å². The molecule has 2 N–H and O–H groups in total. The average Bonchev–Trinajstić information content (AvgIpc) is 2.52. The Morgan fingerprint density at radius 3 is 2.86 bits per heavy atom. The number of hydrogen-bond acceptors (Lipinski definition) is 4. The molecular formula is C8H10N2O3S. The van der Waals surface area contributed by atoms with Crippen LogP contribution < -0.4 is 5.32 Å². The molecule has 0 radical (unpaired) electrons. The van der Waals surface area contributed by atoms with Crippen molar-refractivity contribution in [2.45, 2.75) is 19.4 Å². The van der Waals surface area contributed by atoms with E-state index in [9.17, 15) is 9.59 Å². The molecule has 1 rings (SSSR count). The predicted molar refractivity (Wildman–Crippen MR) is 50.9 cm³/mol. The van der Waals surface area contributed by atoms with Crippen molar-refractivity contribution in [1.82, 2.24) is 10.3 Å². The molecule has 1 heterocycles. The maximum absolute atomic E-state index is 10.8. The van der Waals surface area contributed by atoms with Crippen LogP contribution in [0.1, 0.15) is 24.4 Å². The minimum absolute atomic E-state index is 0.146. The molecule has 1 aromatic heterocycles. The molecule has 0 bridgehead atoms. The molecule has 76 valence electrons. The summed E-state index contributed by atoms with van der Waals surface area (Å²) in [4.78, 5) is 25.3. The summed E-state index contributed by atoms with van der Waals surface area (Å²) < 4.78 is 0. The molecule has 0 aromatic carbocycles. The molecule has 0 saturated carbocycles. The van der Waals surface area contributed by atoms with Crippen molar-refractivity contribution in [2.75, 3.05) is 0 Å². The Morgan fingerprint density at radius 1 is 1.71 bits per heavy atom. The van der Waals surface area contributed by atoms with E-state index in [4.69, 9.17) is 5.11 Å². The van der Waals surface area contributed by atoms with E-state index in [1.54, 1.807) is 11.6 Å². The smallest absolute Gasteiger partial charge is 0.305 e. The van der Waals surface area contributed by atoms with Crippen molar-refractivity contribution in [2.24, 2.45) is 0 Å². The van der Waals surface area contributed by atoms with Crippen LogP contribution in [0.5, 0.6) is 0 Å². The molecular weight excluding hydrogens is 204 g/mol. The fourth-order valence-corrected chi connectivity index (χ4v) is 1.72. The molecule has 0 aliphatic carbocycles. The van der Waals surface area contributed by atoms with Gasteiger partial charge in [-0.25, -0.2) is 4.98 Å². The highest BCUT2D eigenvalue weighted by molar-refractivity contribution is 7.09. The summed E-state index contributed by atoms with van der Waals surface area (Å²) in [6, 6.07) is -0.523. The van der Waals surface area contributed by atoms with Gasteiger partial charge in [-0.1, -0.05) is 0 Å². The Morgan fingerprint density at radius 2 is 2.43 bits per heavy atom. The van der Waals surface area contributed by atoms with Gasteiger partial charge >= 0.3 is 5.97 Å². The summed E-state index contributed by atoms with van der Waals surface area (Å²) >= 11 is 1.33. The Balaban J connectivity index is 2.71. The first-order chi connectivity index (χ1) is 6.59. The molecule has 1 aromatic rings. The average molecular weight is 214 g/mol. The molecule has 0 fully saturated rings. The van der Waals surface area contributed by atoms with Gasteiger partial charge in [0.05, 0.1) is 12.5 Å². The number of carbonyl (C=O) groups excluding carboxylic acids is 1. The number of carbonyl (C=O) groups is 2. The zero-order valence-corrected chi connectivity index (χ0v) is 8.37. The lowest BCUT2D eigenvalue weighted by atomic mass is 10.2. The molecule has 14 heavy (non-hydrogen) atoms. The number of amides is 1. The largest absolute Gasteiger partial charge is 0.481 e. The van der Waals surface area contributed by atoms with Gasteiger partial charge in [-0.3, -0.25) is 9.59 Å². The maximum Gasteiger partial charge on any atom is 0.305 e. The van der Waals surface area contributed by atoms with Gasteiger partial charge in [-0.15, -0.1) is 11.3 Å². The van der Waals surface area contributed by atoms with E-state index in [1.165, 1.54) is 18.3 Å². The predicted octanol–water partition coefficient (Wildman–Crippen LogP) is 0.795. The Bertz CT molecular complexity index is 307. The number of hydrogen-bond donors (Lipinski definition) is 2. The van der Waals surface area contributed by atoms with E-state index in [-0.39, 0.29) is 12.3 Å². The van der Waals surface area contributed by atoms with Crippen LogP contribution in [0.2, 0.25) is 0 Å². The lowest BCUT2D eigenvalue weighted by molar-refractivity contribution is -0.137. The summed E-state index contributed by atoms with van der Waals surface area (Å²) in [5.41, 5.74) is 0. The fourth-order valence-electron chi connectivity index (χ4n) is 1.03. The summed E-state index contributed by atoms with van der Waals surface area (Å²) in [6.45, 7) is 1.35. The Hall–Kier alpha value is -1.43. The highest BCUT2D eigenvalue weighted by atomic mass is 32.1.